The predicted octanol–water partition coefficient (Wildman–Crippen LogP) is 3.73. The van der Waals surface area contributed by atoms with Crippen molar-refractivity contribution in [1.82, 2.24) is 5.32 Å². The maximum absolute atomic E-state index is 12.6. The minimum absolute atomic E-state index is 0.0507. The summed E-state index contributed by atoms with van der Waals surface area (Å²) in [6, 6.07) is 4.00. The summed E-state index contributed by atoms with van der Waals surface area (Å²) in [5, 5.41) is 3.25. The second-order valence-corrected chi connectivity index (χ2v) is 7.55. The Morgan fingerprint density at radius 1 is 0.962 bits per heavy atom. The van der Waals surface area contributed by atoms with Crippen LogP contribution in [0.1, 0.15) is 50.5 Å². The summed E-state index contributed by atoms with van der Waals surface area (Å²) >= 11 is 0. The number of amides is 1. The molecule has 1 aromatic rings. The van der Waals surface area contributed by atoms with Gasteiger partial charge in [-0.15, -0.1) is 0 Å². The molecule has 3 rings (SSSR count). The van der Waals surface area contributed by atoms with Crippen LogP contribution < -0.4 is 19.5 Å². The molecule has 5 nitrogen and oxygen atoms in total. The average molecular weight is 361 g/mol. The Kier molecular flexibility index (Phi) is 6.28. The van der Waals surface area contributed by atoms with Crippen molar-refractivity contribution in [2.75, 3.05) is 21.3 Å². The van der Waals surface area contributed by atoms with Gasteiger partial charge < -0.3 is 19.5 Å². The Balaban J connectivity index is 1.63. The minimum Gasteiger partial charge on any atom is -0.493 e. The van der Waals surface area contributed by atoms with Crippen LogP contribution in [0.15, 0.2) is 12.1 Å². The van der Waals surface area contributed by atoms with E-state index in [0.717, 1.165) is 30.2 Å². The zero-order valence-electron chi connectivity index (χ0n) is 16.2. The van der Waals surface area contributed by atoms with Crippen LogP contribution in [0.3, 0.4) is 0 Å². The van der Waals surface area contributed by atoms with E-state index in [9.17, 15) is 4.79 Å². The van der Waals surface area contributed by atoms with E-state index in [1.807, 2.05) is 12.1 Å². The van der Waals surface area contributed by atoms with Crippen LogP contribution in [0.5, 0.6) is 17.2 Å². The molecule has 2 saturated carbocycles. The van der Waals surface area contributed by atoms with Crippen molar-refractivity contribution in [3.63, 3.8) is 0 Å². The van der Waals surface area contributed by atoms with Crippen molar-refractivity contribution in [2.24, 2.45) is 11.8 Å². The lowest BCUT2D eigenvalue weighted by atomic mass is 9.69. The quantitative estimate of drug-likeness (QED) is 0.839. The number of hydrogen-bond donors (Lipinski definition) is 1. The molecule has 2 aliphatic carbocycles. The third-order valence-electron chi connectivity index (χ3n) is 6.04. The molecule has 0 saturated heterocycles. The molecular weight excluding hydrogens is 330 g/mol. The van der Waals surface area contributed by atoms with Gasteiger partial charge in [0.15, 0.2) is 11.5 Å². The number of carbonyl (C=O) groups excluding carboxylic acids is 1. The van der Waals surface area contributed by atoms with Crippen molar-refractivity contribution >= 4 is 5.91 Å². The lowest BCUT2D eigenvalue weighted by molar-refractivity contribution is -0.121. The number of ether oxygens (including phenoxy) is 3. The molecule has 26 heavy (non-hydrogen) atoms. The Morgan fingerprint density at radius 3 is 2.38 bits per heavy atom. The van der Waals surface area contributed by atoms with Crippen LogP contribution in [-0.2, 0) is 11.2 Å². The fraction of sp³-hybridized carbons (Fsp3) is 0.667. The highest BCUT2D eigenvalue weighted by Crippen LogP contribution is 2.41. The van der Waals surface area contributed by atoms with Crippen LogP contribution >= 0.6 is 0 Å². The highest BCUT2D eigenvalue weighted by molar-refractivity contribution is 5.80. The maximum atomic E-state index is 12.6. The number of benzene rings is 1. The topological polar surface area (TPSA) is 56.8 Å². The van der Waals surface area contributed by atoms with Gasteiger partial charge in [-0.1, -0.05) is 31.7 Å². The van der Waals surface area contributed by atoms with E-state index in [-0.39, 0.29) is 12.3 Å². The number of methoxy groups -OCH3 is 3. The number of rotatable bonds is 6. The first-order valence-corrected chi connectivity index (χ1v) is 9.73. The average Bonchev–Trinajstić information content (AvgIpc) is 2.67. The molecule has 1 N–H and O–H groups in total. The summed E-state index contributed by atoms with van der Waals surface area (Å²) in [7, 11) is 4.75. The zero-order chi connectivity index (χ0) is 18.5. The van der Waals surface area contributed by atoms with Gasteiger partial charge in [0.25, 0.3) is 0 Å². The predicted molar refractivity (Wildman–Crippen MR) is 101 cm³/mol. The van der Waals surface area contributed by atoms with E-state index < -0.39 is 0 Å². The lowest BCUT2D eigenvalue weighted by Crippen LogP contribution is -2.42. The Morgan fingerprint density at radius 2 is 1.69 bits per heavy atom. The van der Waals surface area contributed by atoms with Gasteiger partial charge in [-0.05, 0) is 37.2 Å². The van der Waals surface area contributed by atoms with Crippen molar-refractivity contribution in [3.05, 3.63) is 17.7 Å². The van der Waals surface area contributed by atoms with Gasteiger partial charge in [-0.2, -0.15) is 0 Å². The fourth-order valence-electron chi connectivity index (χ4n) is 4.76. The molecule has 5 heteroatoms. The van der Waals surface area contributed by atoms with Gasteiger partial charge in [0.1, 0.15) is 0 Å². The highest BCUT2D eigenvalue weighted by atomic mass is 16.5. The maximum Gasteiger partial charge on any atom is 0.224 e. The number of hydrogen-bond acceptors (Lipinski definition) is 4. The summed E-state index contributed by atoms with van der Waals surface area (Å²) in [5.74, 6) is 3.45. The summed E-state index contributed by atoms with van der Waals surface area (Å²) in [4.78, 5) is 12.6. The summed E-state index contributed by atoms with van der Waals surface area (Å²) in [5.41, 5.74) is 0.814. The molecular formula is C21H31NO4. The van der Waals surface area contributed by atoms with Gasteiger partial charge >= 0.3 is 0 Å². The van der Waals surface area contributed by atoms with Crippen LogP contribution in [0, 0.1) is 11.8 Å². The smallest absolute Gasteiger partial charge is 0.224 e. The minimum atomic E-state index is 0.0507. The molecule has 1 aromatic carbocycles. The summed E-state index contributed by atoms with van der Waals surface area (Å²) in [6.07, 6.45) is 9.25. The largest absolute Gasteiger partial charge is 0.493 e. The SMILES string of the molecule is COc1ccc(CC(=O)N[C@@H]2CC[C@@H]3CCCC[C@H]3C2)c(OC)c1OC. The lowest BCUT2D eigenvalue weighted by Gasteiger charge is -2.39. The van der Waals surface area contributed by atoms with E-state index in [1.54, 1.807) is 21.3 Å². The van der Waals surface area contributed by atoms with Gasteiger partial charge in [0.05, 0.1) is 27.8 Å². The van der Waals surface area contributed by atoms with E-state index >= 15 is 0 Å². The molecule has 3 atom stereocenters. The Labute approximate surface area is 156 Å². The second kappa shape index (κ2) is 8.65. The van der Waals surface area contributed by atoms with Crippen molar-refractivity contribution in [2.45, 2.75) is 57.4 Å². The van der Waals surface area contributed by atoms with Crippen LogP contribution in [0.4, 0.5) is 0 Å². The van der Waals surface area contributed by atoms with Crippen molar-refractivity contribution in [3.8, 4) is 17.2 Å². The summed E-state index contributed by atoms with van der Waals surface area (Å²) < 4.78 is 16.2. The fourth-order valence-corrected chi connectivity index (χ4v) is 4.76. The molecule has 2 aliphatic rings. The molecule has 2 fully saturated rings. The van der Waals surface area contributed by atoms with Gasteiger partial charge in [0.2, 0.25) is 11.7 Å². The highest BCUT2D eigenvalue weighted by Gasteiger charge is 2.32. The first-order valence-electron chi connectivity index (χ1n) is 9.73. The first kappa shape index (κ1) is 18.9. The van der Waals surface area contributed by atoms with E-state index in [1.165, 1.54) is 32.1 Å². The van der Waals surface area contributed by atoms with Gasteiger partial charge in [-0.25, -0.2) is 0 Å². The normalized spacial score (nSPS) is 25.1. The molecule has 0 spiro atoms. The number of carbonyl (C=O) groups is 1. The standard InChI is InChI=1S/C21H31NO4/c1-24-18-11-9-16(20(25-2)21(18)26-3)13-19(23)22-17-10-8-14-6-4-5-7-15(14)12-17/h9,11,14-15,17H,4-8,10,12-13H2,1-3H3,(H,22,23)/t14-,15-,17+/m0/s1. The first-order chi connectivity index (χ1) is 12.7. The van der Waals surface area contributed by atoms with Gasteiger partial charge in [-0.3, -0.25) is 4.79 Å². The molecule has 0 radical (unpaired) electrons. The summed E-state index contributed by atoms with van der Waals surface area (Å²) in [6.45, 7) is 0. The van der Waals surface area contributed by atoms with Crippen molar-refractivity contribution < 1.29 is 19.0 Å². The molecule has 1 amide bonds. The van der Waals surface area contributed by atoms with Gasteiger partial charge in [0, 0.05) is 11.6 Å². The number of fused-ring (bicyclic) bond motifs is 1. The Hall–Kier alpha value is -1.91. The van der Waals surface area contributed by atoms with E-state index in [2.05, 4.69) is 5.32 Å². The van der Waals surface area contributed by atoms with E-state index in [4.69, 9.17) is 14.2 Å². The third-order valence-corrected chi connectivity index (χ3v) is 6.04. The molecule has 144 valence electrons. The molecule has 0 unspecified atom stereocenters. The van der Waals surface area contributed by atoms with Crippen LogP contribution in [0.2, 0.25) is 0 Å². The number of nitrogens with one attached hydrogen (secondary N) is 1. The molecule has 0 aromatic heterocycles. The molecule has 0 bridgehead atoms. The Bertz CT molecular complexity index is 631. The zero-order valence-corrected chi connectivity index (χ0v) is 16.2. The van der Waals surface area contributed by atoms with E-state index in [0.29, 0.717) is 23.3 Å². The molecule has 0 aliphatic heterocycles. The third kappa shape index (κ3) is 4.08. The van der Waals surface area contributed by atoms with Crippen molar-refractivity contribution in [1.29, 1.82) is 0 Å². The second-order valence-electron chi connectivity index (χ2n) is 7.55. The van der Waals surface area contributed by atoms with Crippen LogP contribution in [0.25, 0.3) is 0 Å². The monoisotopic (exact) mass is 361 g/mol. The molecule has 0 heterocycles. The van der Waals surface area contributed by atoms with Crippen LogP contribution in [-0.4, -0.2) is 33.3 Å².